The zero-order valence-corrected chi connectivity index (χ0v) is 12.1. The first-order valence-electron chi connectivity index (χ1n) is 6.33. The van der Waals surface area contributed by atoms with Gasteiger partial charge in [-0.15, -0.1) is 0 Å². The summed E-state index contributed by atoms with van der Waals surface area (Å²) in [6.45, 7) is 2.22. The number of alkyl halides is 3. The molecular weight excluding hydrogens is 309 g/mol. The second-order valence-corrected chi connectivity index (χ2v) is 4.74. The number of hydrogen-bond acceptors (Lipinski definition) is 2. The first-order valence-corrected chi connectivity index (χ1v) is 6.71. The van der Waals surface area contributed by atoms with Crippen molar-refractivity contribution < 1.29 is 23.1 Å². The molecule has 0 atom stereocenters. The van der Waals surface area contributed by atoms with E-state index in [0.29, 0.717) is 13.0 Å². The second-order valence-electron chi connectivity index (χ2n) is 4.33. The molecule has 0 heterocycles. The molecule has 0 aliphatic rings. The molecule has 8 heteroatoms. The summed E-state index contributed by atoms with van der Waals surface area (Å²) >= 11 is 5.76. The fourth-order valence-corrected chi connectivity index (χ4v) is 1.92. The Morgan fingerprint density at radius 2 is 2.05 bits per heavy atom. The first-order chi connectivity index (χ1) is 9.79. The van der Waals surface area contributed by atoms with E-state index in [9.17, 15) is 18.0 Å². The van der Waals surface area contributed by atoms with Gasteiger partial charge in [0.2, 0.25) is 0 Å². The highest BCUT2D eigenvalue weighted by Crippen LogP contribution is 2.33. The molecule has 0 saturated heterocycles. The highest BCUT2D eigenvalue weighted by atomic mass is 35.5. The lowest BCUT2D eigenvalue weighted by atomic mass is 10.2. The number of anilines is 1. The van der Waals surface area contributed by atoms with Crippen molar-refractivity contribution in [2.45, 2.75) is 19.5 Å². The maximum atomic E-state index is 12.5. The SMILES string of the molecule is CCCN(CCO)C(=O)Nc1ccc(C(F)(F)F)cc1Cl. The second kappa shape index (κ2) is 7.51. The van der Waals surface area contributed by atoms with Crippen LogP contribution >= 0.6 is 11.6 Å². The minimum absolute atomic E-state index is 0.0914. The fourth-order valence-electron chi connectivity index (χ4n) is 1.69. The standard InChI is InChI=1S/C13H16ClF3N2O2/c1-2-5-19(6-7-20)12(21)18-11-4-3-9(8-10(11)14)13(15,16)17/h3-4,8,20H,2,5-7H2,1H3,(H,18,21). The molecule has 2 amide bonds. The molecule has 0 spiro atoms. The van der Waals surface area contributed by atoms with Crippen molar-refractivity contribution in [2.75, 3.05) is 25.0 Å². The lowest BCUT2D eigenvalue weighted by Gasteiger charge is -2.22. The van der Waals surface area contributed by atoms with Crippen LogP contribution in [-0.4, -0.2) is 35.7 Å². The van der Waals surface area contributed by atoms with Crippen LogP contribution in [0.2, 0.25) is 5.02 Å². The van der Waals surface area contributed by atoms with Gasteiger partial charge in [0.15, 0.2) is 0 Å². The first kappa shape index (κ1) is 17.6. The van der Waals surface area contributed by atoms with Gasteiger partial charge < -0.3 is 15.3 Å². The van der Waals surface area contributed by atoms with Crippen LogP contribution in [0.5, 0.6) is 0 Å². The van der Waals surface area contributed by atoms with E-state index in [1.54, 1.807) is 0 Å². The summed E-state index contributed by atoms with van der Waals surface area (Å²) in [5.41, 5.74) is -0.792. The quantitative estimate of drug-likeness (QED) is 0.869. The van der Waals surface area contributed by atoms with Gasteiger partial charge >= 0.3 is 12.2 Å². The van der Waals surface area contributed by atoms with Crippen LogP contribution in [0.1, 0.15) is 18.9 Å². The summed E-state index contributed by atoms with van der Waals surface area (Å²) < 4.78 is 37.5. The summed E-state index contributed by atoms with van der Waals surface area (Å²) in [6.07, 6.45) is -3.80. The number of carbonyl (C=O) groups is 1. The van der Waals surface area contributed by atoms with Crippen molar-refractivity contribution in [1.29, 1.82) is 0 Å². The van der Waals surface area contributed by atoms with Crippen molar-refractivity contribution in [1.82, 2.24) is 4.90 Å². The molecule has 0 aromatic heterocycles. The van der Waals surface area contributed by atoms with Gasteiger partial charge in [0.05, 0.1) is 22.9 Å². The third-order valence-corrected chi connectivity index (χ3v) is 3.00. The van der Waals surface area contributed by atoms with E-state index < -0.39 is 17.8 Å². The molecule has 0 aliphatic heterocycles. The predicted molar refractivity (Wildman–Crippen MR) is 74.4 cm³/mol. The van der Waals surface area contributed by atoms with Crippen LogP contribution < -0.4 is 5.32 Å². The molecule has 0 radical (unpaired) electrons. The number of carbonyl (C=O) groups excluding carboxylic acids is 1. The van der Waals surface area contributed by atoms with Crippen LogP contribution in [0.4, 0.5) is 23.7 Å². The number of hydrogen-bond donors (Lipinski definition) is 2. The molecule has 118 valence electrons. The molecule has 0 saturated carbocycles. The van der Waals surface area contributed by atoms with Gasteiger partial charge in [-0.1, -0.05) is 18.5 Å². The normalized spacial score (nSPS) is 11.3. The van der Waals surface area contributed by atoms with E-state index >= 15 is 0 Å². The van der Waals surface area contributed by atoms with Gasteiger partial charge in [-0.2, -0.15) is 13.2 Å². The molecule has 1 rings (SSSR count). The molecule has 0 bridgehead atoms. The maximum absolute atomic E-state index is 12.5. The highest BCUT2D eigenvalue weighted by molar-refractivity contribution is 6.33. The molecule has 1 aromatic rings. The summed E-state index contributed by atoms with van der Waals surface area (Å²) in [6, 6.07) is 2.18. The third kappa shape index (κ3) is 5.09. The Kier molecular flexibility index (Phi) is 6.29. The van der Waals surface area contributed by atoms with Gasteiger partial charge in [-0.3, -0.25) is 0 Å². The Labute approximate surface area is 125 Å². The Morgan fingerprint density at radius 1 is 1.38 bits per heavy atom. The Bertz CT molecular complexity index is 489. The Morgan fingerprint density at radius 3 is 2.52 bits per heavy atom. The monoisotopic (exact) mass is 324 g/mol. The van der Waals surface area contributed by atoms with Crippen molar-refractivity contribution >= 4 is 23.3 Å². The number of aliphatic hydroxyl groups excluding tert-OH is 1. The topological polar surface area (TPSA) is 52.6 Å². The van der Waals surface area contributed by atoms with E-state index in [0.717, 1.165) is 18.2 Å². The highest BCUT2D eigenvalue weighted by Gasteiger charge is 2.31. The van der Waals surface area contributed by atoms with Crippen molar-refractivity contribution in [2.24, 2.45) is 0 Å². The number of nitrogens with one attached hydrogen (secondary N) is 1. The van der Waals surface area contributed by atoms with Crippen LogP contribution in [0.15, 0.2) is 18.2 Å². The Hall–Kier alpha value is -1.47. The molecule has 0 fully saturated rings. The lowest BCUT2D eigenvalue weighted by Crippen LogP contribution is -2.37. The minimum atomic E-state index is -4.49. The summed E-state index contributed by atoms with van der Waals surface area (Å²) in [4.78, 5) is 13.3. The largest absolute Gasteiger partial charge is 0.416 e. The van der Waals surface area contributed by atoms with E-state index in [1.807, 2.05) is 6.92 Å². The molecule has 0 aliphatic carbocycles. The van der Waals surface area contributed by atoms with E-state index in [-0.39, 0.29) is 23.9 Å². The van der Waals surface area contributed by atoms with Crippen LogP contribution in [0, 0.1) is 0 Å². The molecule has 0 unspecified atom stereocenters. The summed E-state index contributed by atoms with van der Waals surface area (Å²) in [5, 5.41) is 11.1. The van der Waals surface area contributed by atoms with Crippen LogP contribution in [0.3, 0.4) is 0 Å². The van der Waals surface area contributed by atoms with Crippen LogP contribution in [-0.2, 0) is 6.18 Å². The van der Waals surface area contributed by atoms with E-state index in [1.165, 1.54) is 4.90 Å². The third-order valence-electron chi connectivity index (χ3n) is 2.69. The average molecular weight is 325 g/mol. The number of urea groups is 1. The van der Waals surface area contributed by atoms with E-state index in [4.69, 9.17) is 16.7 Å². The smallest absolute Gasteiger partial charge is 0.395 e. The molecular formula is C13H16ClF3N2O2. The number of nitrogens with zero attached hydrogens (tertiary/aromatic N) is 1. The predicted octanol–water partition coefficient (Wildman–Crippen LogP) is 3.60. The van der Waals surface area contributed by atoms with Gasteiger partial charge in [0.1, 0.15) is 0 Å². The van der Waals surface area contributed by atoms with E-state index in [2.05, 4.69) is 5.32 Å². The van der Waals surface area contributed by atoms with Gasteiger partial charge in [0, 0.05) is 13.1 Å². The van der Waals surface area contributed by atoms with Gasteiger partial charge in [0.25, 0.3) is 0 Å². The number of rotatable bonds is 5. The van der Waals surface area contributed by atoms with Crippen molar-refractivity contribution in [3.63, 3.8) is 0 Å². The summed E-state index contributed by atoms with van der Waals surface area (Å²) in [7, 11) is 0. The number of aliphatic hydroxyl groups is 1. The molecule has 21 heavy (non-hydrogen) atoms. The van der Waals surface area contributed by atoms with Crippen LogP contribution in [0.25, 0.3) is 0 Å². The number of halogens is 4. The number of benzene rings is 1. The maximum Gasteiger partial charge on any atom is 0.416 e. The van der Waals surface area contributed by atoms with Crippen molar-refractivity contribution in [3.05, 3.63) is 28.8 Å². The molecule has 4 nitrogen and oxygen atoms in total. The van der Waals surface area contributed by atoms with Gasteiger partial charge in [-0.05, 0) is 24.6 Å². The van der Waals surface area contributed by atoms with Crippen molar-refractivity contribution in [3.8, 4) is 0 Å². The lowest BCUT2D eigenvalue weighted by molar-refractivity contribution is -0.137. The average Bonchev–Trinajstić information content (AvgIpc) is 2.39. The fraction of sp³-hybridized carbons (Fsp3) is 0.462. The molecule has 1 aromatic carbocycles. The zero-order chi connectivity index (χ0) is 16.0. The zero-order valence-electron chi connectivity index (χ0n) is 11.4. The van der Waals surface area contributed by atoms with Gasteiger partial charge in [-0.25, -0.2) is 4.79 Å². The Balaban J connectivity index is 2.85. The summed E-state index contributed by atoms with van der Waals surface area (Å²) in [5.74, 6) is 0. The minimum Gasteiger partial charge on any atom is -0.395 e. The molecule has 2 N–H and O–H groups in total. The number of amides is 2.